The highest BCUT2D eigenvalue weighted by Crippen LogP contribution is 2.27. The van der Waals surface area contributed by atoms with Crippen LogP contribution in [-0.4, -0.2) is 14.8 Å². The summed E-state index contributed by atoms with van der Waals surface area (Å²) in [4.78, 5) is -0.408. The summed E-state index contributed by atoms with van der Waals surface area (Å²) in [7, 11) is -4.07. The molecule has 0 aliphatic carbocycles. The van der Waals surface area contributed by atoms with Crippen LogP contribution in [0.5, 0.6) is 5.75 Å². The second kappa shape index (κ2) is 4.37. The van der Waals surface area contributed by atoms with E-state index in [0.717, 1.165) is 12.1 Å². The van der Waals surface area contributed by atoms with Crippen molar-refractivity contribution in [2.45, 2.75) is 11.3 Å². The number of benzene rings is 1. The fourth-order valence-corrected chi connectivity index (χ4v) is 2.78. The lowest BCUT2D eigenvalue weighted by Crippen LogP contribution is -2.18. The Kier molecular flexibility index (Phi) is 3.69. The summed E-state index contributed by atoms with van der Waals surface area (Å²) in [6.45, 7) is 0. The lowest BCUT2D eigenvalue weighted by atomic mass is 10.3. The fourth-order valence-electron chi connectivity index (χ4n) is 0.899. The number of alkyl halides is 3. The Labute approximate surface area is 103 Å². The predicted molar refractivity (Wildman–Crippen MR) is 57.2 cm³/mol. The van der Waals surface area contributed by atoms with Crippen molar-refractivity contribution >= 4 is 32.6 Å². The summed E-state index contributed by atoms with van der Waals surface area (Å²) >= 11 is 1.64. The van der Waals surface area contributed by atoms with Crippen LogP contribution in [0, 0.1) is 3.57 Å². The summed E-state index contributed by atoms with van der Waals surface area (Å²) in [6.07, 6.45) is -4.87. The number of nitrogens with two attached hydrogens (primary N) is 1. The molecule has 0 fully saturated rings. The van der Waals surface area contributed by atoms with Crippen molar-refractivity contribution in [3.05, 3.63) is 21.8 Å². The monoisotopic (exact) mass is 367 g/mol. The average Bonchev–Trinajstić information content (AvgIpc) is 2.04. The topological polar surface area (TPSA) is 69.4 Å². The van der Waals surface area contributed by atoms with Crippen molar-refractivity contribution in [1.29, 1.82) is 0 Å². The predicted octanol–water partition coefficient (Wildman–Crippen LogP) is 1.84. The molecule has 0 aliphatic rings. The van der Waals surface area contributed by atoms with Crippen LogP contribution in [0.3, 0.4) is 0 Å². The van der Waals surface area contributed by atoms with Gasteiger partial charge in [0.05, 0.1) is 4.90 Å². The molecule has 0 heterocycles. The minimum Gasteiger partial charge on any atom is -0.406 e. The largest absolute Gasteiger partial charge is 0.573 e. The van der Waals surface area contributed by atoms with Gasteiger partial charge in [-0.25, -0.2) is 13.6 Å². The molecular weight excluding hydrogens is 362 g/mol. The molecule has 0 unspecified atom stereocenters. The fraction of sp³-hybridized carbons (Fsp3) is 0.143. The van der Waals surface area contributed by atoms with E-state index in [0.29, 0.717) is 0 Å². The van der Waals surface area contributed by atoms with Crippen LogP contribution >= 0.6 is 22.6 Å². The van der Waals surface area contributed by atoms with Crippen molar-refractivity contribution in [1.82, 2.24) is 0 Å². The van der Waals surface area contributed by atoms with Crippen molar-refractivity contribution in [3.8, 4) is 5.75 Å². The molecule has 0 bridgehead atoms. The number of hydrogen-bond donors (Lipinski definition) is 1. The van der Waals surface area contributed by atoms with Crippen molar-refractivity contribution in [2.75, 3.05) is 0 Å². The minimum absolute atomic E-state index is 0.217. The molecule has 9 heteroatoms. The van der Waals surface area contributed by atoms with Crippen LogP contribution in [0.25, 0.3) is 0 Å². The molecule has 0 aromatic heterocycles. The van der Waals surface area contributed by atoms with E-state index in [4.69, 9.17) is 5.14 Å². The lowest BCUT2D eigenvalue weighted by molar-refractivity contribution is -0.274. The van der Waals surface area contributed by atoms with Gasteiger partial charge in [-0.3, -0.25) is 0 Å². The first-order valence-corrected chi connectivity index (χ1v) is 6.30. The number of sulfonamides is 1. The van der Waals surface area contributed by atoms with Gasteiger partial charge in [-0.15, -0.1) is 13.2 Å². The second-order valence-corrected chi connectivity index (χ2v) is 5.38. The van der Waals surface area contributed by atoms with E-state index in [1.165, 1.54) is 6.07 Å². The van der Waals surface area contributed by atoms with Gasteiger partial charge in [0.2, 0.25) is 10.0 Å². The molecule has 90 valence electrons. The maximum atomic E-state index is 11.9. The van der Waals surface area contributed by atoms with Gasteiger partial charge in [-0.2, -0.15) is 0 Å². The second-order valence-electron chi connectivity index (χ2n) is 2.69. The number of rotatable bonds is 2. The van der Waals surface area contributed by atoms with Gasteiger partial charge >= 0.3 is 6.36 Å². The first kappa shape index (κ1) is 13.5. The lowest BCUT2D eigenvalue weighted by Gasteiger charge is -2.10. The van der Waals surface area contributed by atoms with Gasteiger partial charge in [0.1, 0.15) is 5.75 Å². The first-order chi connectivity index (χ1) is 7.09. The van der Waals surface area contributed by atoms with Gasteiger partial charge in [-0.05, 0) is 34.7 Å². The summed E-state index contributed by atoms with van der Waals surface area (Å²) in [6, 6.07) is 2.90. The van der Waals surface area contributed by atoms with E-state index in [1.807, 2.05) is 0 Å². The summed E-state index contributed by atoms with van der Waals surface area (Å²) < 4.78 is 61.4. The van der Waals surface area contributed by atoms with Crippen LogP contribution in [0.15, 0.2) is 23.1 Å². The van der Waals surface area contributed by atoms with E-state index < -0.39 is 27.0 Å². The minimum atomic E-state index is -4.87. The molecule has 0 saturated heterocycles. The van der Waals surface area contributed by atoms with E-state index in [-0.39, 0.29) is 3.57 Å². The molecule has 0 spiro atoms. The molecule has 16 heavy (non-hydrogen) atoms. The van der Waals surface area contributed by atoms with Crippen LogP contribution in [-0.2, 0) is 10.0 Å². The third kappa shape index (κ3) is 3.79. The highest BCUT2D eigenvalue weighted by atomic mass is 127. The molecule has 2 N–H and O–H groups in total. The van der Waals surface area contributed by atoms with Crippen molar-refractivity contribution < 1.29 is 26.3 Å². The van der Waals surface area contributed by atoms with Gasteiger partial charge in [0, 0.05) is 9.64 Å². The Morgan fingerprint density at radius 1 is 1.31 bits per heavy atom. The van der Waals surface area contributed by atoms with E-state index >= 15 is 0 Å². The maximum absolute atomic E-state index is 11.9. The van der Waals surface area contributed by atoms with Crippen molar-refractivity contribution in [2.24, 2.45) is 5.14 Å². The third-order valence-electron chi connectivity index (χ3n) is 1.44. The SMILES string of the molecule is NS(=O)(=O)c1cc(OC(F)(F)F)ccc1I. The molecule has 4 nitrogen and oxygen atoms in total. The third-order valence-corrected chi connectivity index (χ3v) is 3.70. The standard InChI is InChI=1S/C7H5F3INO3S/c8-7(9,10)15-4-1-2-5(11)6(3-4)16(12,13)14/h1-3H,(H2,12,13,14). The number of hydrogen-bond acceptors (Lipinski definition) is 3. The molecule has 0 atom stereocenters. The van der Waals surface area contributed by atoms with E-state index in [9.17, 15) is 21.6 Å². The highest BCUT2D eigenvalue weighted by molar-refractivity contribution is 14.1. The number of primary sulfonamides is 1. The van der Waals surface area contributed by atoms with Crippen LogP contribution in [0.2, 0.25) is 0 Å². The first-order valence-electron chi connectivity index (χ1n) is 3.68. The Bertz CT molecular complexity index is 500. The number of halogens is 4. The Balaban J connectivity index is 3.19. The molecule has 0 radical (unpaired) electrons. The van der Waals surface area contributed by atoms with Crippen LogP contribution in [0.1, 0.15) is 0 Å². The Morgan fingerprint density at radius 3 is 2.31 bits per heavy atom. The summed E-state index contributed by atoms with van der Waals surface area (Å²) in [5.41, 5.74) is 0. The quantitative estimate of drug-likeness (QED) is 0.812. The summed E-state index contributed by atoms with van der Waals surface area (Å²) in [5, 5.41) is 4.82. The van der Waals surface area contributed by atoms with Crippen LogP contribution < -0.4 is 9.88 Å². The van der Waals surface area contributed by atoms with Gasteiger partial charge in [0.15, 0.2) is 0 Å². The zero-order valence-corrected chi connectivity index (χ0v) is 10.4. The van der Waals surface area contributed by atoms with Crippen molar-refractivity contribution in [3.63, 3.8) is 0 Å². The Hall–Kier alpha value is -0.550. The van der Waals surface area contributed by atoms with Gasteiger partial charge in [0.25, 0.3) is 0 Å². The van der Waals surface area contributed by atoms with Gasteiger partial charge in [-0.1, -0.05) is 0 Å². The normalized spacial score (nSPS) is 12.6. The molecule has 0 aliphatic heterocycles. The zero-order valence-electron chi connectivity index (χ0n) is 7.45. The molecule has 1 aromatic carbocycles. The summed E-state index contributed by atoms with van der Waals surface area (Å²) in [5.74, 6) is -0.628. The number of ether oxygens (including phenoxy) is 1. The molecular formula is C7H5F3INO3S. The zero-order chi connectivity index (χ0) is 12.6. The maximum Gasteiger partial charge on any atom is 0.573 e. The highest BCUT2D eigenvalue weighted by Gasteiger charge is 2.31. The van der Waals surface area contributed by atoms with Gasteiger partial charge < -0.3 is 4.74 Å². The van der Waals surface area contributed by atoms with E-state index in [2.05, 4.69) is 4.74 Å². The van der Waals surface area contributed by atoms with E-state index in [1.54, 1.807) is 22.6 Å². The molecule has 0 saturated carbocycles. The smallest absolute Gasteiger partial charge is 0.406 e. The van der Waals surface area contributed by atoms with Crippen LogP contribution in [0.4, 0.5) is 13.2 Å². The molecule has 1 aromatic rings. The average molecular weight is 367 g/mol. The molecule has 1 rings (SSSR count). The molecule has 0 amide bonds. The Morgan fingerprint density at radius 2 is 1.88 bits per heavy atom.